The second kappa shape index (κ2) is 8.73. The highest BCUT2D eigenvalue weighted by molar-refractivity contribution is 7.04. The molecule has 0 aromatic heterocycles. The van der Waals surface area contributed by atoms with Gasteiger partial charge in [-0.25, -0.2) is 9.57 Å². The lowest BCUT2D eigenvalue weighted by atomic mass is 10.1. The van der Waals surface area contributed by atoms with Gasteiger partial charge < -0.3 is 14.4 Å². The van der Waals surface area contributed by atoms with Crippen molar-refractivity contribution in [3.63, 3.8) is 0 Å². The largest absolute Gasteiger partial charge is 0.378 e. The number of anilines is 1. The quantitative estimate of drug-likeness (QED) is 0.401. The number of nitrogens with zero attached hydrogens (tertiary/aromatic N) is 3. The lowest BCUT2D eigenvalue weighted by molar-refractivity contribution is -0.547. The van der Waals surface area contributed by atoms with E-state index < -0.39 is 8.07 Å². The molecule has 2 saturated heterocycles. The van der Waals surface area contributed by atoms with Gasteiger partial charge in [0.1, 0.15) is 21.3 Å². The molecule has 2 fully saturated rings. The number of hydrogen-bond acceptors (Lipinski definition) is 4. The molecule has 0 atom stereocenters. The Morgan fingerprint density at radius 2 is 1.62 bits per heavy atom. The fraction of sp³-hybridized carbons (Fsp3) is 0.538. The average molecular weight is 451 g/mol. The van der Waals surface area contributed by atoms with Crippen LogP contribution >= 0.6 is 0 Å². The minimum atomic E-state index is -2.08. The monoisotopic (exact) mass is 450 g/mol. The van der Waals surface area contributed by atoms with Gasteiger partial charge in [0.05, 0.1) is 24.6 Å². The van der Waals surface area contributed by atoms with E-state index in [4.69, 9.17) is 14.5 Å². The third-order valence-electron chi connectivity index (χ3n) is 7.67. The van der Waals surface area contributed by atoms with Gasteiger partial charge in [0.2, 0.25) is 0 Å². The van der Waals surface area contributed by atoms with E-state index in [1.54, 1.807) is 0 Å². The SMILES string of the molecule is CC(C)[Si]1(C(C)C)C2=CC(=[N+]3CCOCC3)C=CC2=Nc2ccc(N3CCOCC3)cc21. The zero-order valence-corrected chi connectivity index (χ0v) is 20.9. The fourth-order valence-corrected chi connectivity index (χ4v) is 12.1. The van der Waals surface area contributed by atoms with Gasteiger partial charge in [0, 0.05) is 30.9 Å². The van der Waals surface area contributed by atoms with Gasteiger partial charge >= 0.3 is 0 Å². The Hall–Kier alpha value is -2.02. The topological polar surface area (TPSA) is 37.1 Å². The predicted octanol–water partition coefficient (Wildman–Crippen LogP) is 3.60. The van der Waals surface area contributed by atoms with E-state index >= 15 is 0 Å². The molecule has 0 N–H and O–H groups in total. The molecule has 1 aromatic rings. The molecule has 0 amide bonds. The van der Waals surface area contributed by atoms with Crippen molar-refractivity contribution in [1.82, 2.24) is 0 Å². The van der Waals surface area contributed by atoms with Crippen molar-refractivity contribution in [3.8, 4) is 0 Å². The summed E-state index contributed by atoms with van der Waals surface area (Å²) in [6.45, 7) is 16.8. The Morgan fingerprint density at radius 1 is 0.938 bits per heavy atom. The maximum absolute atomic E-state index is 5.60. The highest BCUT2D eigenvalue weighted by Crippen LogP contribution is 2.45. The Balaban J connectivity index is 1.68. The molecule has 5 rings (SSSR count). The summed E-state index contributed by atoms with van der Waals surface area (Å²) < 4.78 is 13.7. The summed E-state index contributed by atoms with van der Waals surface area (Å²) >= 11 is 0. The Labute approximate surface area is 193 Å². The number of fused-ring (bicyclic) bond motifs is 2. The van der Waals surface area contributed by atoms with Gasteiger partial charge in [-0.05, 0) is 45.7 Å². The zero-order valence-electron chi connectivity index (χ0n) is 19.9. The van der Waals surface area contributed by atoms with Crippen molar-refractivity contribution in [2.45, 2.75) is 38.8 Å². The first-order valence-electron chi connectivity index (χ1n) is 12.2. The van der Waals surface area contributed by atoms with Crippen molar-refractivity contribution >= 4 is 36.1 Å². The van der Waals surface area contributed by atoms with E-state index in [1.807, 2.05) is 0 Å². The summed E-state index contributed by atoms with van der Waals surface area (Å²) in [5.74, 6) is 0. The maximum Gasteiger partial charge on any atom is 0.200 e. The first kappa shape index (κ1) is 21.8. The van der Waals surface area contributed by atoms with E-state index in [9.17, 15) is 0 Å². The number of aliphatic imine (C=N–C) groups is 1. The summed E-state index contributed by atoms with van der Waals surface area (Å²) in [7, 11) is -2.08. The molecule has 0 radical (unpaired) electrons. The first-order valence-corrected chi connectivity index (χ1v) is 14.3. The summed E-state index contributed by atoms with van der Waals surface area (Å²) in [5.41, 5.74) is 6.18. The number of rotatable bonds is 3. The average Bonchev–Trinajstić information content (AvgIpc) is 2.82. The van der Waals surface area contributed by atoms with Gasteiger partial charge in [-0.3, -0.25) is 0 Å². The van der Waals surface area contributed by atoms with Gasteiger partial charge in [0.15, 0.2) is 18.8 Å². The molecule has 4 aliphatic rings. The van der Waals surface area contributed by atoms with Crippen LogP contribution in [0.1, 0.15) is 27.7 Å². The van der Waals surface area contributed by atoms with E-state index in [0.717, 1.165) is 52.6 Å². The van der Waals surface area contributed by atoms with Crippen molar-refractivity contribution in [2.24, 2.45) is 4.99 Å². The molecule has 170 valence electrons. The van der Waals surface area contributed by atoms with Crippen LogP contribution < -0.4 is 10.1 Å². The van der Waals surface area contributed by atoms with Gasteiger partial charge in [-0.2, -0.15) is 0 Å². The first-order chi connectivity index (χ1) is 15.5. The molecule has 1 aliphatic carbocycles. The van der Waals surface area contributed by atoms with Crippen LogP contribution in [0.25, 0.3) is 0 Å². The van der Waals surface area contributed by atoms with E-state index in [0.29, 0.717) is 11.1 Å². The van der Waals surface area contributed by atoms with Crippen LogP contribution in [0.15, 0.2) is 46.6 Å². The molecule has 0 unspecified atom stereocenters. The summed E-state index contributed by atoms with van der Waals surface area (Å²) in [5, 5.41) is 3.02. The van der Waals surface area contributed by atoms with Crippen LogP contribution in [-0.2, 0) is 9.47 Å². The Morgan fingerprint density at radius 3 is 2.31 bits per heavy atom. The van der Waals surface area contributed by atoms with E-state index in [1.165, 1.54) is 33.2 Å². The smallest absolute Gasteiger partial charge is 0.200 e. The Kier molecular flexibility index (Phi) is 5.95. The molecular weight excluding hydrogens is 414 g/mol. The highest BCUT2D eigenvalue weighted by Gasteiger charge is 2.50. The van der Waals surface area contributed by atoms with Crippen molar-refractivity contribution < 1.29 is 14.0 Å². The predicted molar refractivity (Wildman–Crippen MR) is 135 cm³/mol. The lowest BCUT2D eigenvalue weighted by Crippen LogP contribution is -2.59. The number of morpholine rings is 2. The van der Waals surface area contributed by atoms with Crippen LogP contribution in [0.3, 0.4) is 0 Å². The standard InChI is InChI=1S/C26H36N3O2Si/c1-19(2)32(20(3)4)25-17-21(28-9-13-30-14-10-28)5-7-23(25)27-24-8-6-22(18-26(24)32)29-11-15-31-16-12-29/h5-8,17-20H,9-16H2,1-4H3/q+1. The van der Waals surface area contributed by atoms with Crippen molar-refractivity contribution in [2.75, 3.05) is 57.5 Å². The molecule has 1 aromatic carbocycles. The fourth-order valence-electron chi connectivity index (χ4n) is 6.13. The minimum absolute atomic E-state index is 0.579. The second-order valence-electron chi connectivity index (χ2n) is 9.89. The zero-order chi connectivity index (χ0) is 22.3. The molecule has 0 bridgehead atoms. The minimum Gasteiger partial charge on any atom is -0.378 e. The van der Waals surface area contributed by atoms with Crippen LogP contribution in [0.4, 0.5) is 11.4 Å². The normalized spacial score (nSPS) is 22.6. The number of benzene rings is 1. The molecule has 0 saturated carbocycles. The summed E-state index contributed by atoms with van der Waals surface area (Å²) in [4.78, 5) is 7.67. The molecule has 0 spiro atoms. The number of hydrogen-bond donors (Lipinski definition) is 0. The van der Waals surface area contributed by atoms with Gasteiger partial charge in [0.25, 0.3) is 0 Å². The lowest BCUT2D eigenvalue weighted by Gasteiger charge is -2.45. The second-order valence-corrected chi connectivity index (χ2v) is 15.0. The molecular formula is C26H36N3O2Si+. The highest BCUT2D eigenvalue weighted by atomic mass is 28.3. The third-order valence-corrected chi connectivity index (χ3v) is 13.9. The van der Waals surface area contributed by atoms with Gasteiger partial charge in [-0.15, -0.1) is 0 Å². The van der Waals surface area contributed by atoms with Gasteiger partial charge in [-0.1, -0.05) is 27.7 Å². The molecule has 3 aliphatic heterocycles. The van der Waals surface area contributed by atoms with Crippen LogP contribution in [-0.4, -0.2) is 76.7 Å². The summed E-state index contributed by atoms with van der Waals surface area (Å²) in [6, 6.07) is 7.02. The van der Waals surface area contributed by atoms with Crippen molar-refractivity contribution in [3.05, 3.63) is 41.6 Å². The molecule has 32 heavy (non-hydrogen) atoms. The molecule has 5 nitrogen and oxygen atoms in total. The van der Waals surface area contributed by atoms with Crippen LogP contribution in [0.2, 0.25) is 11.1 Å². The molecule has 3 heterocycles. The Bertz CT molecular complexity index is 1000. The third kappa shape index (κ3) is 3.53. The van der Waals surface area contributed by atoms with Crippen LogP contribution in [0.5, 0.6) is 0 Å². The number of allylic oxidation sites excluding steroid dienone is 4. The summed E-state index contributed by atoms with van der Waals surface area (Å²) in [6.07, 6.45) is 7.02. The molecule has 6 heteroatoms. The van der Waals surface area contributed by atoms with E-state index in [-0.39, 0.29) is 0 Å². The van der Waals surface area contributed by atoms with E-state index in [2.05, 4.69) is 73.6 Å². The van der Waals surface area contributed by atoms with Crippen molar-refractivity contribution in [1.29, 1.82) is 0 Å². The maximum atomic E-state index is 5.60. The number of ether oxygens (including phenoxy) is 2. The van der Waals surface area contributed by atoms with Crippen LogP contribution in [0, 0.1) is 0 Å².